The monoisotopic (exact) mass is 414 g/mol. The van der Waals surface area contributed by atoms with Gasteiger partial charge in [0, 0.05) is 63.0 Å². The molecule has 1 aromatic heterocycles. The predicted molar refractivity (Wildman–Crippen MR) is 114 cm³/mol. The lowest BCUT2D eigenvalue weighted by molar-refractivity contribution is -0.137. The number of hydrogen-bond acceptors (Lipinski definition) is 5. The Hall–Kier alpha value is -1.99. The Morgan fingerprint density at radius 1 is 1.13 bits per heavy atom. The highest BCUT2D eigenvalue weighted by atomic mass is 16.5. The fraction of sp³-hybridized carbons (Fsp3) is 0.696. The van der Waals surface area contributed by atoms with Gasteiger partial charge in [0.1, 0.15) is 0 Å². The molecule has 0 unspecified atom stereocenters. The van der Waals surface area contributed by atoms with Crippen LogP contribution in [0.15, 0.2) is 18.3 Å². The van der Waals surface area contributed by atoms with Crippen molar-refractivity contribution in [3.05, 3.63) is 29.6 Å². The lowest BCUT2D eigenvalue weighted by Crippen LogP contribution is -2.46. The molecule has 1 saturated carbocycles. The van der Waals surface area contributed by atoms with E-state index in [-0.39, 0.29) is 17.7 Å². The van der Waals surface area contributed by atoms with Crippen molar-refractivity contribution in [2.45, 2.75) is 38.5 Å². The van der Waals surface area contributed by atoms with E-state index in [0.717, 1.165) is 71.0 Å². The summed E-state index contributed by atoms with van der Waals surface area (Å²) in [7, 11) is 0. The smallest absolute Gasteiger partial charge is 0.252 e. The van der Waals surface area contributed by atoms with Crippen molar-refractivity contribution in [1.29, 1.82) is 0 Å². The van der Waals surface area contributed by atoms with Gasteiger partial charge in [0.15, 0.2) is 0 Å². The van der Waals surface area contributed by atoms with Crippen molar-refractivity contribution >= 4 is 11.8 Å². The van der Waals surface area contributed by atoms with Crippen LogP contribution in [0.1, 0.15) is 54.6 Å². The second-order valence-electron chi connectivity index (χ2n) is 9.04. The molecule has 3 aliphatic rings. The number of aromatic nitrogens is 1. The molecular formula is C23H34N4O3. The number of likely N-dealkylation sites (tertiary alicyclic amines) is 1. The van der Waals surface area contributed by atoms with Crippen molar-refractivity contribution < 1.29 is 14.3 Å². The van der Waals surface area contributed by atoms with Gasteiger partial charge < -0.3 is 15.0 Å². The van der Waals surface area contributed by atoms with Crippen LogP contribution in [-0.2, 0) is 9.53 Å². The Kier molecular flexibility index (Phi) is 7.00. The first kappa shape index (κ1) is 21.2. The molecule has 1 atom stereocenters. The van der Waals surface area contributed by atoms with E-state index >= 15 is 0 Å². The number of nitrogens with one attached hydrogen (secondary N) is 1. The summed E-state index contributed by atoms with van der Waals surface area (Å²) in [4.78, 5) is 33.9. The SMILES string of the molecule is C[C@H](CN1CCOCC1)C(=O)N1CCC(c2ccc(C(=O)NCC3CC3)cn2)CC1. The Morgan fingerprint density at radius 2 is 1.87 bits per heavy atom. The molecule has 3 heterocycles. The number of nitrogens with zero attached hydrogens (tertiary/aromatic N) is 3. The van der Waals surface area contributed by atoms with Crippen LogP contribution in [0.3, 0.4) is 0 Å². The van der Waals surface area contributed by atoms with Gasteiger partial charge in [0.05, 0.1) is 18.8 Å². The van der Waals surface area contributed by atoms with Crippen molar-refractivity contribution in [3.63, 3.8) is 0 Å². The van der Waals surface area contributed by atoms with E-state index in [2.05, 4.69) is 15.2 Å². The molecule has 1 aliphatic carbocycles. The third-order valence-electron chi connectivity index (χ3n) is 6.58. The van der Waals surface area contributed by atoms with E-state index in [1.807, 2.05) is 24.0 Å². The van der Waals surface area contributed by atoms with Gasteiger partial charge in [-0.3, -0.25) is 19.5 Å². The van der Waals surface area contributed by atoms with Crippen molar-refractivity contribution in [1.82, 2.24) is 20.1 Å². The van der Waals surface area contributed by atoms with Gasteiger partial charge in [-0.1, -0.05) is 6.92 Å². The third-order valence-corrected chi connectivity index (χ3v) is 6.58. The first-order valence-corrected chi connectivity index (χ1v) is 11.4. The summed E-state index contributed by atoms with van der Waals surface area (Å²) in [6.45, 7) is 8.55. The average molecular weight is 415 g/mol. The summed E-state index contributed by atoms with van der Waals surface area (Å²) >= 11 is 0. The molecule has 0 bridgehead atoms. The average Bonchev–Trinajstić information content (AvgIpc) is 3.62. The number of carbonyl (C=O) groups is 2. The number of piperidine rings is 1. The van der Waals surface area contributed by atoms with Crippen LogP contribution < -0.4 is 5.32 Å². The number of rotatable bonds is 7. The van der Waals surface area contributed by atoms with Crippen molar-refractivity contribution in [2.24, 2.45) is 11.8 Å². The van der Waals surface area contributed by atoms with Gasteiger partial charge in [-0.2, -0.15) is 0 Å². The van der Waals surface area contributed by atoms with Crippen molar-refractivity contribution in [2.75, 3.05) is 52.5 Å². The zero-order valence-electron chi connectivity index (χ0n) is 18.0. The third kappa shape index (κ3) is 5.58. The number of morpholine rings is 1. The summed E-state index contributed by atoms with van der Waals surface area (Å²) in [6, 6.07) is 3.86. The van der Waals surface area contributed by atoms with E-state index in [0.29, 0.717) is 17.4 Å². The highest BCUT2D eigenvalue weighted by Gasteiger charge is 2.28. The maximum Gasteiger partial charge on any atom is 0.252 e. The van der Waals surface area contributed by atoms with Gasteiger partial charge in [0.25, 0.3) is 5.91 Å². The first-order chi connectivity index (χ1) is 14.6. The number of amides is 2. The number of pyridine rings is 1. The minimum absolute atomic E-state index is 0.0196. The highest BCUT2D eigenvalue weighted by molar-refractivity contribution is 5.93. The van der Waals surface area contributed by atoms with E-state index in [9.17, 15) is 9.59 Å². The lowest BCUT2D eigenvalue weighted by atomic mass is 9.92. The molecule has 1 aromatic rings. The van der Waals surface area contributed by atoms with Crippen LogP contribution in [0, 0.1) is 11.8 Å². The molecule has 0 aromatic carbocycles. The zero-order chi connectivity index (χ0) is 20.9. The molecule has 4 rings (SSSR count). The quantitative estimate of drug-likeness (QED) is 0.738. The molecule has 7 nitrogen and oxygen atoms in total. The van der Waals surface area contributed by atoms with Gasteiger partial charge in [-0.15, -0.1) is 0 Å². The van der Waals surface area contributed by atoms with Crippen LogP contribution in [0.25, 0.3) is 0 Å². The second-order valence-corrected chi connectivity index (χ2v) is 9.04. The van der Waals surface area contributed by atoms with E-state index in [1.165, 1.54) is 12.8 Å². The summed E-state index contributed by atoms with van der Waals surface area (Å²) in [5.41, 5.74) is 1.66. The molecule has 2 saturated heterocycles. The maximum absolute atomic E-state index is 12.9. The molecule has 164 valence electrons. The number of carbonyl (C=O) groups excluding carboxylic acids is 2. The fourth-order valence-electron chi connectivity index (χ4n) is 4.40. The van der Waals surface area contributed by atoms with Crippen LogP contribution in [-0.4, -0.2) is 79.1 Å². The summed E-state index contributed by atoms with van der Waals surface area (Å²) in [5.74, 6) is 1.27. The molecule has 2 amide bonds. The van der Waals surface area contributed by atoms with Crippen LogP contribution in [0.4, 0.5) is 0 Å². The van der Waals surface area contributed by atoms with Gasteiger partial charge in [-0.25, -0.2) is 0 Å². The molecule has 30 heavy (non-hydrogen) atoms. The number of hydrogen-bond donors (Lipinski definition) is 1. The fourth-order valence-corrected chi connectivity index (χ4v) is 4.40. The molecule has 0 radical (unpaired) electrons. The number of ether oxygens (including phenoxy) is 1. The Balaban J connectivity index is 1.23. The largest absolute Gasteiger partial charge is 0.379 e. The molecule has 3 fully saturated rings. The van der Waals surface area contributed by atoms with E-state index in [4.69, 9.17) is 4.74 Å². The Labute approximate surface area is 179 Å². The van der Waals surface area contributed by atoms with Crippen LogP contribution in [0.5, 0.6) is 0 Å². The normalized spacial score (nSPS) is 22.0. The van der Waals surface area contributed by atoms with Gasteiger partial charge >= 0.3 is 0 Å². The maximum atomic E-state index is 12.9. The molecule has 1 N–H and O–H groups in total. The Bertz CT molecular complexity index is 720. The van der Waals surface area contributed by atoms with Crippen LogP contribution in [0.2, 0.25) is 0 Å². The minimum atomic E-state index is -0.0318. The molecule has 7 heteroatoms. The predicted octanol–water partition coefficient (Wildman–Crippen LogP) is 1.90. The lowest BCUT2D eigenvalue weighted by Gasteiger charge is -2.35. The minimum Gasteiger partial charge on any atom is -0.379 e. The zero-order valence-corrected chi connectivity index (χ0v) is 18.0. The van der Waals surface area contributed by atoms with E-state index < -0.39 is 0 Å². The van der Waals surface area contributed by atoms with Crippen molar-refractivity contribution in [3.8, 4) is 0 Å². The molecule has 0 spiro atoms. The highest BCUT2D eigenvalue weighted by Crippen LogP contribution is 2.28. The van der Waals surface area contributed by atoms with Gasteiger partial charge in [-0.05, 0) is 43.7 Å². The van der Waals surface area contributed by atoms with Gasteiger partial charge in [0.2, 0.25) is 5.91 Å². The summed E-state index contributed by atoms with van der Waals surface area (Å²) < 4.78 is 5.39. The summed E-state index contributed by atoms with van der Waals surface area (Å²) in [6.07, 6.45) is 6.00. The van der Waals surface area contributed by atoms with E-state index in [1.54, 1.807) is 6.20 Å². The first-order valence-electron chi connectivity index (χ1n) is 11.4. The standard InChI is InChI=1S/C23H34N4O3/c1-17(16-26-10-12-30-13-11-26)23(29)27-8-6-19(7-9-27)21-5-4-20(15-24-21)22(28)25-14-18-2-3-18/h4-5,15,17-19H,2-3,6-14,16H2,1H3,(H,25,28)/t17-/m1/s1. The molecular weight excluding hydrogens is 380 g/mol. The van der Waals surface area contributed by atoms with Crippen LogP contribution >= 0.6 is 0 Å². The molecule has 2 aliphatic heterocycles. The Morgan fingerprint density at radius 3 is 2.50 bits per heavy atom. The second kappa shape index (κ2) is 9.88. The topological polar surface area (TPSA) is 74.8 Å². The summed E-state index contributed by atoms with van der Waals surface area (Å²) in [5, 5.41) is 2.98.